The predicted molar refractivity (Wildman–Crippen MR) is 241 cm³/mol. The molecule has 4 aromatic rings. The largest absolute Gasteiger partial charge is 0.495 e. The number of hydrogen-bond acceptors (Lipinski definition) is 16. The number of anilines is 5. The number of nitrogens with one attached hydrogen (secondary N) is 4. The maximum atomic E-state index is 13.2. The number of ether oxygens (including phenoxy) is 5. The fourth-order valence-corrected chi connectivity index (χ4v) is 7.54. The summed E-state index contributed by atoms with van der Waals surface area (Å²) in [6.07, 6.45) is 2.73. The summed E-state index contributed by atoms with van der Waals surface area (Å²) in [4.78, 5) is 102. The Kier molecular flexibility index (Phi) is 15.7. The Labute approximate surface area is 385 Å². The van der Waals surface area contributed by atoms with E-state index in [0.29, 0.717) is 99.6 Å². The van der Waals surface area contributed by atoms with Gasteiger partial charge in [0.25, 0.3) is 29.5 Å². The van der Waals surface area contributed by atoms with Gasteiger partial charge in [0.2, 0.25) is 17.8 Å². The van der Waals surface area contributed by atoms with Gasteiger partial charge >= 0.3 is 0 Å². The maximum Gasteiger partial charge on any atom is 0.266 e. The number of aromatic nitrogens is 2. The molecular formula is C46H51N9O12. The van der Waals surface area contributed by atoms with Crippen molar-refractivity contribution in [1.82, 2.24) is 30.8 Å². The highest BCUT2D eigenvalue weighted by Crippen LogP contribution is 2.39. The summed E-state index contributed by atoms with van der Waals surface area (Å²) in [5, 5.41) is 10.9. The third kappa shape index (κ3) is 11.1. The molecule has 1 aromatic heterocycles. The van der Waals surface area contributed by atoms with Gasteiger partial charge in [-0.2, -0.15) is 4.98 Å². The van der Waals surface area contributed by atoms with E-state index in [1.165, 1.54) is 30.2 Å². The average molecular weight is 922 g/mol. The second-order valence-electron chi connectivity index (χ2n) is 15.4. The number of amides is 7. The molecule has 0 spiro atoms. The molecule has 3 aromatic carbocycles. The van der Waals surface area contributed by atoms with Gasteiger partial charge in [-0.1, -0.05) is 18.2 Å². The minimum Gasteiger partial charge on any atom is -0.495 e. The highest BCUT2D eigenvalue weighted by molar-refractivity contribution is 6.24. The first-order chi connectivity index (χ1) is 32.5. The van der Waals surface area contributed by atoms with E-state index in [9.17, 15) is 33.6 Å². The van der Waals surface area contributed by atoms with E-state index in [2.05, 4.69) is 26.3 Å². The zero-order valence-corrected chi connectivity index (χ0v) is 37.3. The van der Waals surface area contributed by atoms with Gasteiger partial charge < -0.3 is 49.4 Å². The lowest BCUT2D eigenvalue weighted by Gasteiger charge is -2.27. The molecule has 4 N–H and O–H groups in total. The molecule has 3 aliphatic heterocycles. The molecule has 1 unspecified atom stereocenters. The minimum absolute atomic E-state index is 0.00295. The van der Waals surface area contributed by atoms with Crippen LogP contribution in [-0.4, -0.2) is 143 Å². The van der Waals surface area contributed by atoms with Gasteiger partial charge in [-0.05, 0) is 61.7 Å². The zero-order chi connectivity index (χ0) is 47.5. The molecule has 0 saturated carbocycles. The van der Waals surface area contributed by atoms with Gasteiger partial charge in [0.1, 0.15) is 23.2 Å². The van der Waals surface area contributed by atoms with Crippen LogP contribution >= 0.6 is 0 Å². The summed E-state index contributed by atoms with van der Waals surface area (Å²) in [7, 11) is 5.03. The Bertz CT molecular complexity index is 2540. The number of rotatable bonds is 22. The first-order valence-electron chi connectivity index (χ1n) is 21.6. The van der Waals surface area contributed by atoms with Gasteiger partial charge in [0.15, 0.2) is 12.4 Å². The van der Waals surface area contributed by atoms with Crippen LogP contribution in [0.3, 0.4) is 0 Å². The molecule has 352 valence electrons. The zero-order valence-electron chi connectivity index (χ0n) is 37.3. The SMILES string of the molecule is COc1cc(C(=O)NCCCOCCOCCOCCCNC(=O)COc2cccc3c2C(=O)N(C2CCC(=O)NC2=O)C3=O)ccc1Nc1ncc2c(n1)N(C)c1ccccc1C(=O)N2C. The molecule has 0 aliphatic carbocycles. The van der Waals surface area contributed by atoms with Crippen molar-refractivity contribution in [3.8, 4) is 11.5 Å². The van der Waals surface area contributed by atoms with E-state index in [4.69, 9.17) is 28.7 Å². The minimum atomic E-state index is -1.11. The Morgan fingerprint density at radius 3 is 2.19 bits per heavy atom. The van der Waals surface area contributed by atoms with Crippen LogP contribution in [-0.2, 0) is 28.6 Å². The molecule has 21 heteroatoms. The van der Waals surface area contributed by atoms with Gasteiger partial charge in [-0.25, -0.2) is 4.98 Å². The molecular weight excluding hydrogens is 871 g/mol. The lowest BCUT2D eigenvalue weighted by Crippen LogP contribution is -2.54. The second-order valence-corrected chi connectivity index (χ2v) is 15.4. The summed E-state index contributed by atoms with van der Waals surface area (Å²) in [5.74, 6) is -2.17. The summed E-state index contributed by atoms with van der Waals surface area (Å²) < 4.78 is 27.9. The number of carbonyl (C=O) groups is 7. The summed E-state index contributed by atoms with van der Waals surface area (Å²) >= 11 is 0. The lowest BCUT2D eigenvalue weighted by atomic mass is 10.0. The van der Waals surface area contributed by atoms with Crippen molar-refractivity contribution in [3.63, 3.8) is 0 Å². The Hall–Kier alpha value is -7.49. The third-order valence-electron chi connectivity index (χ3n) is 11.0. The number of benzene rings is 3. The Morgan fingerprint density at radius 2 is 1.46 bits per heavy atom. The van der Waals surface area contributed by atoms with E-state index in [0.717, 1.165) is 10.6 Å². The standard InChI is InChI=1S/C46H51N9O12/c1-53-32-11-5-4-9-29(32)43(60)54(2)34-26-49-46(52-40(34)53)50-31-14-13-28(25-36(31)63-3)41(58)48-18-8-20-65-22-24-66-23-21-64-19-7-17-47-38(57)27-67-35-12-6-10-30-39(35)45(62)55(44(30)61)33-15-16-37(56)51-42(33)59/h4-6,9-14,25-26,33H,7-8,15-24,27H2,1-3H3,(H,47,57)(H,48,58)(H,49,50,52)(H,51,56,59). The number of imide groups is 2. The number of carbonyl (C=O) groups excluding carboxylic acids is 7. The van der Waals surface area contributed by atoms with E-state index < -0.39 is 42.2 Å². The van der Waals surface area contributed by atoms with E-state index in [1.807, 2.05) is 30.1 Å². The van der Waals surface area contributed by atoms with Crippen molar-refractivity contribution < 1.29 is 57.2 Å². The first kappa shape index (κ1) is 47.5. The number of piperidine rings is 1. The molecule has 1 atom stereocenters. The number of nitrogens with zero attached hydrogens (tertiary/aromatic N) is 5. The van der Waals surface area contributed by atoms with Crippen LogP contribution < -0.4 is 40.5 Å². The van der Waals surface area contributed by atoms with Crippen molar-refractivity contribution in [2.45, 2.75) is 31.7 Å². The highest BCUT2D eigenvalue weighted by atomic mass is 16.5. The van der Waals surface area contributed by atoms with E-state index in [1.54, 1.807) is 37.5 Å². The lowest BCUT2D eigenvalue weighted by molar-refractivity contribution is -0.136. The van der Waals surface area contributed by atoms with Gasteiger partial charge in [-0.15, -0.1) is 0 Å². The quantitative estimate of drug-likeness (QED) is 0.0654. The molecule has 7 rings (SSSR count). The highest BCUT2D eigenvalue weighted by Gasteiger charge is 2.46. The summed E-state index contributed by atoms with van der Waals surface area (Å²) in [6.45, 7) is 2.54. The van der Waals surface area contributed by atoms with Crippen LogP contribution in [0.4, 0.5) is 28.8 Å². The normalized spacial score (nSPS) is 15.4. The van der Waals surface area contributed by atoms with Crippen LogP contribution in [0.1, 0.15) is 67.1 Å². The molecule has 1 saturated heterocycles. The van der Waals surface area contributed by atoms with E-state index in [-0.39, 0.29) is 47.5 Å². The van der Waals surface area contributed by atoms with Crippen molar-refractivity contribution in [1.29, 1.82) is 0 Å². The molecule has 21 nitrogen and oxygen atoms in total. The number of hydrogen-bond donors (Lipinski definition) is 4. The molecule has 3 aliphatic rings. The fourth-order valence-electron chi connectivity index (χ4n) is 7.54. The van der Waals surface area contributed by atoms with Crippen LogP contribution in [0.15, 0.2) is 66.9 Å². The molecule has 7 amide bonds. The first-order valence-corrected chi connectivity index (χ1v) is 21.6. The predicted octanol–water partition coefficient (Wildman–Crippen LogP) is 2.74. The van der Waals surface area contributed by atoms with Crippen LogP contribution in [0, 0.1) is 0 Å². The van der Waals surface area contributed by atoms with Crippen molar-refractivity contribution >= 4 is 70.2 Å². The van der Waals surface area contributed by atoms with E-state index >= 15 is 0 Å². The topological polar surface area (TPSA) is 249 Å². The monoisotopic (exact) mass is 921 g/mol. The van der Waals surface area contributed by atoms with Crippen molar-refractivity contribution in [3.05, 3.63) is 89.1 Å². The number of methoxy groups -OCH3 is 1. The van der Waals surface area contributed by atoms with Crippen molar-refractivity contribution in [2.75, 3.05) is 95.7 Å². The molecule has 1 fully saturated rings. The molecule has 0 bridgehead atoms. The molecule has 0 radical (unpaired) electrons. The summed E-state index contributed by atoms with van der Waals surface area (Å²) in [6, 6.07) is 15.7. The Balaban J connectivity index is 0.716. The second kappa shape index (κ2) is 22.1. The van der Waals surface area contributed by atoms with Crippen LogP contribution in [0.2, 0.25) is 0 Å². The molecule has 67 heavy (non-hydrogen) atoms. The third-order valence-corrected chi connectivity index (χ3v) is 11.0. The van der Waals surface area contributed by atoms with Crippen molar-refractivity contribution in [2.24, 2.45) is 0 Å². The van der Waals surface area contributed by atoms with Gasteiger partial charge in [0.05, 0.1) is 67.8 Å². The van der Waals surface area contributed by atoms with Gasteiger partial charge in [0, 0.05) is 52.4 Å². The Morgan fingerprint density at radius 1 is 0.761 bits per heavy atom. The fraction of sp³-hybridized carbons (Fsp3) is 0.370. The average Bonchev–Trinajstić information content (AvgIpc) is 3.55. The number of fused-ring (bicyclic) bond motifs is 3. The van der Waals surface area contributed by atoms with Gasteiger partial charge in [-0.3, -0.25) is 43.8 Å². The van der Waals surface area contributed by atoms with Crippen LogP contribution in [0.5, 0.6) is 11.5 Å². The smallest absolute Gasteiger partial charge is 0.266 e. The number of para-hydroxylation sites is 1. The maximum absolute atomic E-state index is 13.2. The molecule has 4 heterocycles. The van der Waals surface area contributed by atoms with Crippen LogP contribution in [0.25, 0.3) is 0 Å². The summed E-state index contributed by atoms with van der Waals surface area (Å²) in [5.41, 5.74) is 2.81.